The van der Waals surface area contributed by atoms with Crippen molar-refractivity contribution in [2.24, 2.45) is 39.6 Å². The molecule has 0 radical (unpaired) electrons. The van der Waals surface area contributed by atoms with Gasteiger partial charge in [0.05, 0.1) is 18.9 Å². The van der Waals surface area contributed by atoms with Gasteiger partial charge >= 0.3 is 5.97 Å². The number of nitrogens with zero attached hydrogens (tertiary/aromatic N) is 1. The molecule has 28 heteroatoms. The fourth-order valence-corrected chi connectivity index (χ4v) is 8.22. The second-order valence-electron chi connectivity index (χ2n) is 18.1. The highest BCUT2D eigenvalue weighted by Gasteiger charge is 2.36. The fraction of sp³-hybridized carbons (Fsp3) is 0.521. The Morgan fingerprint density at radius 3 is 1.21 bits per heavy atom. The summed E-state index contributed by atoms with van der Waals surface area (Å²) in [5.74, 6) is -9.99. The Bertz CT molecular complexity index is 2320. The number of benzene rings is 2. The average molecular weight is 1100 g/mol. The van der Waals surface area contributed by atoms with Crippen LogP contribution in [0.5, 0.6) is 11.5 Å². The Hall–Kier alpha value is -7.33. The molecule has 0 aromatic heterocycles. The molecule has 9 amide bonds. The number of hydrogen-bond acceptors (Lipinski definition) is 16. The molecule has 0 spiro atoms. The van der Waals surface area contributed by atoms with Crippen LogP contribution in [0.2, 0.25) is 0 Å². The van der Waals surface area contributed by atoms with Crippen LogP contribution in [0, 0.1) is 5.92 Å². The minimum Gasteiger partial charge on any atom is -0.508 e. The number of hydrogen-bond donors (Lipinski definition) is 15. The minimum absolute atomic E-state index is 0.0593. The second kappa shape index (κ2) is 33.6. The van der Waals surface area contributed by atoms with Crippen molar-refractivity contribution in [3.8, 4) is 11.5 Å². The molecular formula is C48H73N13O13S2. The molecule has 8 atom stereocenters. The topological polar surface area (TPSA) is 458 Å². The second-order valence-corrected chi connectivity index (χ2v) is 20.1. The zero-order valence-corrected chi connectivity index (χ0v) is 44.5. The number of carboxylic acids is 1. The summed E-state index contributed by atoms with van der Waals surface area (Å²) in [4.78, 5) is 138. The highest BCUT2D eigenvalue weighted by Crippen LogP contribution is 2.15. The Morgan fingerprint density at radius 2 is 0.855 bits per heavy atom. The van der Waals surface area contributed by atoms with E-state index in [1.165, 1.54) is 72.1 Å². The number of nitrogens with one attached hydrogen (secondary N) is 7. The summed E-state index contributed by atoms with van der Waals surface area (Å²) in [6.45, 7) is 3.80. The van der Waals surface area contributed by atoms with E-state index < -0.39 is 120 Å². The first kappa shape index (κ1) is 64.8. The maximum absolute atomic E-state index is 14.2. The van der Waals surface area contributed by atoms with Gasteiger partial charge in [-0.1, -0.05) is 38.1 Å². The Kier molecular flexibility index (Phi) is 28.6. The van der Waals surface area contributed by atoms with Gasteiger partial charge in [0, 0.05) is 19.4 Å². The van der Waals surface area contributed by atoms with E-state index in [9.17, 15) is 63.3 Å². The molecule has 0 aliphatic rings. The lowest BCUT2D eigenvalue weighted by molar-refractivity contribution is -0.142. The number of aliphatic carboxylic acids is 1. The Balaban J connectivity index is 2.47. The third-order valence-corrected chi connectivity index (χ3v) is 12.5. The van der Waals surface area contributed by atoms with Crippen molar-refractivity contribution in [2.45, 2.75) is 120 Å². The van der Waals surface area contributed by atoms with Crippen LogP contribution in [-0.2, 0) is 60.8 Å². The number of carbonyl (C=O) groups excluding carboxylic acids is 9. The normalized spacial score (nSPS) is 14.1. The van der Waals surface area contributed by atoms with Gasteiger partial charge in [0.25, 0.3) is 0 Å². The van der Waals surface area contributed by atoms with Gasteiger partial charge in [-0.15, -0.1) is 0 Å². The van der Waals surface area contributed by atoms with Gasteiger partial charge < -0.3 is 81.2 Å². The molecule has 0 aliphatic carbocycles. The number of carbonyl (C=O) groups is 10. The van der Waals surface area contributed by atoms with Crippen molar-refractivity contribution < 1.29 is 63.3 Å². The molecular weight excluding hydrogens is 1030 g/mol. The van der Waals surface area contributed by atoms with E-state index >= 15 is 0 Å². The lowest BCUT2D eigenvalue weighted by atomic mass is 10.0. The molecule has 76 heavy (non-hydrogen) atoms. The van der Waals surface area contributed by atoms with Gasteiger partial charge in [0.1, 0.15) is 53.8 Å². The number of primary amides is 2. The summed E-state index contributed by atoms with van der Waals surface area (Å²) in [7, 11) is 0. The summed E-state index contributed by atoms with van der Waals surface area (Å²) in [6, 6.07) is -0.543. The number of guanidine groups is 1. The van der Waals surface area contributed by atoms with Gasteiger partial charge in [-0.3, -0.25) is 48.1 Å². The number of phenolic OH excluding ortho intramolecular Hbond substituents is 2. The third kappa shape index (κ3) is 24.8. The number of thioether (sulfide) groups is 2. The number of aliphatic imine (C=N–C) groups is 1. The molecule has 0 saturated heterocycles. The summed E-state index contributed by atoms with van der Waals surface area (Å²) in [6.07, 6.45) is 1.68. The number of rotatable bonds is 35. The van der Waals surface area contributed by atoms with Crippen molar-refractivity contribution in [3.05, 3.63) is 59.7 Å². The first-order chi connectivity index (χ1) is 35.8. The molecule has 2 aromatic rings. The van der Waals surface area contributed by atoms with Crippen LogP contribution < -0.4 is 65.9 Å². The summed E-state index contributed by atoms with van der Waals surface area (Å²) >= 11 is 2.66. The number of nitrogens with two attached hydrogens (primary N) is 5. The van der Waals surface area contributed by atoms with Crippen LogP contribution in [0.3, 0.4) is 0 Å². The minimum atomic E-state index is -1.86. The van der Waals surface area contributed by atoms with Crippen LogP contribution >= 0.6 is 23.5 Å². The average Bonchev–Trinajstić information content (AvgIpc) is 3.34. The predicted octanol–water partition coefficient (Wildman–Crippen LogP) is -2.95. The van der Waals surface area contributed by atoms with Crippen molar-refractivity contribution in [1.82, 2.24) is 37.2 Å². The zero-order chi connectivity index (χ0) is 57.1. The van der Waals surface area contributed by atoms with Gasteiger partial charge in [-0.05, 0) is 97.4 Å². The van der Waals surface area contributed by atoms with E-state index in [0.717, 1.165) is 0 Å². The van der Waals surface area contributed by atoms with Crippen molar-refractivity contribution >= 4 is 88.6 Å². The van der Waals surface area contributed by atoms with Crippen LogP contribution in [0.1, 0.15) is 69.9 Å². The highest BCUT2D eigenvalue weighted by atomic mass is 32.2. The Morgan fingerprint density at radius 1 is 0.513 bits per heavy atom. The number of carboxylic acid groups (broad SMARTS) is 1. The van der Waals surface area contributed by atoms with E-state index in [4.69, 9.17) is 28.7 Å². The predicted molar refractivity (Wildman–Crippen MR) is 286 cm³/mol. The van der Waals surface area contributed by atoms with Crippen LogP contribution in [0.4, 0.5) is 0 Å². The molecule has 0 aliphatic heterocycles. The molecule has 2 aromatic carbocycles. The monoisotopic (exact) mass is 1100 g/mol. The summed E-state index contributed by atoms with van der Waals surface area (Å²) in [5.41, 5.74) is 28.6. The first-order valence-corrected chi connectivity index (χ1v) is 26.9. The van der Waals surface area contributed by atoms with Crippen LogP contribution in [0.15, 0.2) is 53.5 Å². The molecule has 0 saturated carbocycles. The molecule has 20 N–H and O–H groups in total. The molecule has 0 bridgehead atoms. The van der Waals surface area contributed by atoms with Crippen molar-refractivity contribution in [2.75, 3.05) is 30.6 Å². The lowest BCUT2D eigenvalue weighted by Gasteiger charge is -2.27. The summed E-state index contributed by atoms with van der Waals surface area (Å²) < 4.78 is 0. The molecule has 2 rings (SSSR count). The SMILES string of the molecule is CSCC[C@H](NC(=O)[C@H](CC(N)=O)NC(=O)[C@H](CC(N)=O)NC(=O)[C@H](Cc1ccc(O)cc1)NC(=O)[C@H](CCSC)NC(=O)[C@@H](N)CC(C)C)C(=O)N[C@@H](Cc1ccc(O)cc1)C(=O)N[C@@H](CCCN=C(N)N)C(=O)O. The molecule has 0 fully saturated rings. The van der Waals surface area contributed by atoms with Crippen LogP contribution in [0.25, 0.3) is 0 Å². The Labute approximate surface area is 448 Å². The zero-order valence-electron chi connectivity index (χ0n) is 42.9. The highest BCUT2D eigenvalue weighted by molar-refractivity contribution is 7.98. The molecule has 420 valence electrons. The number of amides is 9. The first-order valence-electron chi connectivity index (χ1n) is 24.1. The van der Waals surface area contributed by atoms with Gasteiger partial charge in [-0.25, -0.2) is 4.79 Å². The summed E-state index contributed by atoms with van der Waals surface area (Å²) in [5, 5.41) is 47.0. The van der Waals surface area contributed by atoms with E-state index in [0.29, 0.717) is 23.3 Å². The lowest BCUT2D eigenvalue weighted by Crippen LogP contribution is -2.61. The number of aromatic hydroxyl groups is 2. The molecule has 0 unspecified atom stereocenters. The van der Waals surface area contributed by atoms with E-state index in [1.807, 2.05) is 13.8 Å². The maximum atomic E-state index is 14.2. The molecule has 0 heterocycles. The molecule has 26 nitrogen and oxygen atoms in total. The van der Waals surface area contributed by atoms with Gasteiger partial charge in [0.15, 0.2) is 5.96 Å². The fourth-order valence-electron chi connectivity index (χ4n) is 7.27. The van der Waals surface area contributed by atoms with Gasteiger partial charge in [0.2, 0.25) is 53.2 Å². The van der Waals surface area contributed by atoms with Gasteiger partial charge in [-0.2, -0.15) is 23.5 Å². The number of phenols is 2. The quantitative estimate of drug-likeness (QED) is 0.0186. The van der Waals surface area contributed by atoms with Crippen LogP contribution in [-0.4, -0.2) is 159 Å². The standard InChI is InChI=1S/C48H73N13O13S2/c1-25(2)20-30(49)40(66)55-31(15-18-75-3)41(67)59-35(22-27-9-13-29(63)14-10-27)44(70)60-37(24-39(51)65)46(72)61-36(23-38(50)64)45(71)56-32(16-19-76-4)42(68)58-34(21-26-7-11-28(62)12-8-26)43(69)57-33(47(73)74)6-5-17-54-48(52)53/h7-14,25,30-37,62-63H,5-6,15-24,49H2,1-4H3,(H2,50,64)(H2,51,65)(H,55,66)(H,56,71)(H,57,69)(H,58,68)(H,59,67)(H,60,70)(H,61,72)(H,73,74)(H4,52,53,54)/t30-,31-,32-,33-,34-,35-,36-,37-/m0/s1. The van der Waals surface area contributed by atoms with Crippen molar-refractivity contribution in [3.63, 3.8) is 0 Å². The van der Waals surface area contributed by atoms with E-state index in [2.05, 4.69) is 42.2 Å². The maximum Gasteiger partial charge on any atom is 0.326 e. The smallest absolute Gasteiger partial charge is 0.326 e. The third-order valence-electron chi connectivity index (χ3n) is 11.2. The van der Waals surface area contributed by atoms with E-state index in [-0.39, 0.29) is 74.2 Å². The largest absolute Gasteiger partial charge is 0.508 e. The van der Waals surface area contributed by atoms with E-state index in [1.54, 1.807) is 12.5 Å². The van der Waals surface area contributed by atoms with Crippen molar-refractivity contribution in [1.29, 1.82) is 0 Å².